The molecule has 1 N–H and O–H groups in total. The highest BCUT2D eigenvalue weighted by molar-refractivity contribution is 8.26. The highest BCUT2D eigenvalue weighted by Gasteiger charge is 2.35. The molecule has 4 rings (SSSR count). The van der Waals surface area contributed by atoms with Gasteiger partial charge < -0.3 is 4.57 Å². The Labute approximate surface area is 166 Å². The molecule has 0 bridgehead atoms. The van der Waals surface area contributed by atoms with Gasteiger partial charge in [-0.3, -0.25) is 10.2 Å². The maximum atomic E-state index is 13.3. The lowest BCUT2D eigenvalue weighted by molar-refractivity contribution is -0.114. The van der Waals surface area contributed by atoms with E-state index in [0.717, 1.165) is 34.1 Å². The van der Waals surface area contributed by atoms with Gasteiger partial charge in [0.05, 0.1) is 5.57 Å². The van der Waals surface area contributed by atoms with Crippen LogP contribution in [0, 0.1) is 25.1 Å². The molecule has 1 aromatic heterocycles. The van der Waals surface area contributed by atoms with Crippen LogP contribution in [0.4, 0.5) is 4.39 Å². The fourth-order valence-electron chi connectivity index (χ4n) is 3.25. The minimum Gasteiger partial charge on any atom is -0.318 e. The van der Waals surface area contributed by atoms with Gasteiger partial charge in [0, 0.05) is 17.1 Å². The fraction of sp³-hybridized carbons (Fsp3) is 0.200. The number of carbonyl (C=O) groups is 1. The molecule has 0 saturated carbocycles. The SMILES string of the molecule is CCC1=NN2C(=N)/C(=C/c3cc(C)n(-c4ccc(F)cc4)c3C)C(=O)N=C2S1. The van der Waals surface area contributed by atoms with Gasteiger partial charge in [-0.25, -0.2) is 4.39 Å². The second kappa shape index (κ2) is 6.87. The zero-order valence-electron chi connectivity index (χ0n) is 15.7. The molecule has 1 aromatic carbocycles. The molecule has 0 radical (unpaired) electrons. The van der Waals surface area contributed by atoms with Crippen molar-refractivity contribution in [2.24, 2.45) is 10.1 Å². The van der Waals surface area contributed by atoms with Crippen LogP contribution in [-0.4, -0.2) is 31.5 Å². The molecule has 0 atom stereocenters. The summed E-state index contributed by atoms with van der Waals surface area (Å²) in [5.74, 6) is -0.709. The number of rotatable bonds is 3. The van der Waals surface area contributed by atoms with E-state index in [2.05, 4.69) is 10.1 Å². The van der Waals surface area contributed by atoms with Gasteiger partial charge in [0.25, 0.3) is 5.91 Å². The van der Waals surface area contributed by atoms with E-state index in [4.69, 9.17) is 5.41 Å². The smallest absolute Gasteiger partial charge is 0.283 e. The first kappa shape index (κ1) is 18.4. The number of aromatic nitrogens is 1. The molecule has 0 saturated heterocycles. The van der Waals surface area contributed by atoms with Crippen LogP contribution in [-0.2, 0) is 4.79 Å². The molecule has 0 spiro atoms. The number of amides is 1. The van der Waals surface area contributed by atoms with E-state index in [1.165, 1.54) is 28.9 Å². The third-order valence-electron chi connectivity index (χ3n) is 4.65. The number of carbonyl (C=O) groups excluding carboxylic acids is 1. The molecule has 1 amide bonds. The van der Waals surface area contributed by atoms with Crippen molar-refractivity contribution in [1.29, 1.82) is 5.41 Å². The van der Waals surface area contributed by atoms with Crippen LogP contribution in [0.2, 0.25) is 0 Å². The molecule has 2 aliphatic rings. The van der Waals surface area contributed by atoms with Crippen molar-refractivity contribution >= 4 is 39.8 Å². The quantitative estimate of drug-likeness (QED) is 0.789. The fourth-order valence-corrected chi connectivity index (χ4v) is 4.08. The number of thioether (sulfide) groups is 1. The van der Waals surface area contributed by atoms with Crippen LogP contribution in [0.15, 0.2) is 46.0 Å². The Morgan fingerprint density at radius 3 is 2.64 bits per heavy atom. The van der Waals surface area contributed by atoms with Crippen molar-refractivity contribution in [3.63, 3.8) is 0 Å². The Morgan fingerprint density at radius 1 is 1.25 bits per heavy atom. The first-order valence-electron chi connectivity index (χ1n) is 8.83. The number of fused-ring (bicyclic) bond motifs is 1. The normalized spacial score (nSPS) is 17.9. The summed E-state index contributed by atoms with van der Waals surface area (Å²) in [7, 11) is 0. The number of amidine groups is 2. The minimum absolute atomic E-state index is 0.0255. The van der Waals surface area contributed by atoms with E-state index in [1.807, 2.05) is 31.4 Å². The number of hydrazone groups is 1. The summed E-state index contributed by atoms with van der Waals surface area (Å²) in [6.45, 7) is 5.84. The molecule has 3 heterocycles. The lowest BCUT2D eigenvalue weighted by Crippen LogP contribution is -2.35. The Balaban J connectivity index is 1.75. The summed E-state index contributed by atoms with van der Waals surface area (Å²) in [6.07, 6.45) is 2.40. The van der Waals surface area contributed by atoms with Crippen molar-refractivity contribution in [2.75, 3.05) is 0 Å². The van der Waals surface area contributed by atoms with Gasteiger partial charge in [-0.2, -0.15) is 15.1 Å². The minimum atomic E-state index is -0.442. The van der Waals surface area contributed by atoms with Gasteiger partial charge in [0.15, 0.2) is 5.84 Å². The maximum Gasteiger partial charge on any atom is 0.283 e. The summed E-state index contributed by atoms with van der Waals surface area (Å²) in [6, 6.07) is 8.18. The standard InChI is InChI=1S/C20H18FN5OS/c1-4-17-24-26-18(22)16(19(27)23-20(26)28-17)10-13-9-11(2)25(12(13)3)15-7-5-14(21)6-8-15/h5-10,22H,4H2,1-3H3/b16-10-,22-18?. The molecule has 142 valence electrons. The molecule has 8 heteroatoms. The molecule has 6 nitrogen and oxygen atoms in total. The average molecular weight is 395 g/mol. The van der Waals surface area contributed by atoms with Gasteiger partial charge in [0.2, 0.25) is 5.17 Å². The lowest BCUT2D eigenvalue weighted by Gasteiger charge is -2.20. The number of hydrogen-bond donors (Lipinski definition) is 1. The molecule has 28 heavy (non-hydrogen) atoms. The van der Waals surface area contributed by atoms with Crippen LogP contribution in [0.1, 0.15) is 30.3 Å². The molecule has 2 aromatic rings. The van der Waals surface area contributed by atoms with Gasteiger partial charge in [-0.15, -0.1) is 0 Å². The van der Waals surface area contributed by atoms with Crippen molar-refractivity contribution in [2.45, 2.75) is 27.2 Å². The third-order valence-corrected chi connectivity index (χ3v) is 5.71. The van der Waals surface area contributed by atoms with Crippen LogP contribution in [0.5, 0.6) is 0 Å². The predicted molar refractivity (Wildman–Crippen MR) is 111 cm³/mol. The second-order valence-corrected chi connectivity index (χ2v) is 7.55. The Bertz CT molecular complexity index is 1090. The van der Waals surface area contributed by atoms with E-state index in [0.29, 0.717) is 5.17 Å². The Morgan fingerprint density at radius 2 is 1.96 bits per heavy atom. The van der Waals surface area contributed by atoms with Gasteiger partial charge in [-0.1, -0.05) is 6.92 Å². The number of aliphatic imine (C=N–C) groups is 1. The zero-order chi connectivity index (χ0) is 20.0. The first-order chi connectivity index (χ1) is 13.4. The molecular weight excluding hydrogens is 377 g/mol. The topological polar surface area (TPSA) is 73.8 Å². The van der Waals surface area contributed by atoms with E-state index >= 15 is 0 Å². The van der Waals surface area contributed by atoms with Crippen molar-refractivity contribution in [1.82, 2.24) is 9.58 Å². The Hall–Kier alpha value is -3.00. The zero-order valence-corrected chi connectivity index (χ0v) is 16.5. The second-order valence-electron chi connectivity index (χ2n) is 6.51. The number of benzene rings is 1. The molecule has 0 aliphatic carbocycles. The third kappa shape index (κ3) is 2.99. The number of aryl methyl sites for hydroxylation is 1. The summed E-state index contributed by atoms with van der Waals surface area (Å²) >= 11 is 1.32. The number of nitrogens with one attached hydrogen (secondary N) is 1. The largest absolute Gasteiger partial charge is 0.318 e. The van der Waals surface area contributed by atoms with Crippen molar-refractivity contribution < 1.29 is 9.18 Å². The van der Waals surface area contributed by atoms with Crippen LogP contribution in [0.3, 0.4) is 0 Å². The highest BCUT2D eigenvalue weighted by atomic mass is 32.2. The van der Waals surface area contributed by atoms with Gasteiger partial charge in [0.1, 0.15) is 10.9 Å². The monoisotopic (exact) mass is 395 g/mol. The number of hydrogen-bond acceptors (Lipinski definition) is 4. The van der Waals surface area contributed by atoms with E-state index < -0.39 is 5.91 Å². The first-order valence-corrected chi connectivity index (χ1v) is 9.64. The van der Waals surface area contributed by atoms with Gasteiger partial charge >= 0.3 is 0 Å². The van der Waals surface area contributed by atoms with Crippen molar-refractivity contribution in [3.8, 4) is 5.69 Å². The molecule has 0 unspecified atom stereocenters. The summed E-state index contributed by atoms with van der Waals surface area (Å²) in [5.41, 5.74) is 3.67. The van der Waals surface area contributed by atoms with Crippen LogP contribution >= 0.6 is 11.8 Å². The molecule has 2 aliphatic heterocycles. The lowest BCUT2D eigenvalue weighted by atomic mass is 10.1. The summed E-state index contributed by atoms with van der Waals surface area (Å²) in [5, 5.41) is 15.5. The molecular formula is C20H18FN5OS. The highest BCUT2D eigenvalue weighted by Crippen LogP contribution is 2.30. The maximum absolute atomic E-state index is 13.3. The Kier molecular flexibility index (Phi) is 4.50. The van der Waals surface area contributed by atoms with E-state index in [-0.39, 0.29) is 17.2 Å². The van der Waals surface area contributed by atoms with Crippen LogP contribution < -0.4 is 0 Å². The van der Waals surface area contributed by atoms with E-state index in [1.54, 1.807) is 18.2 Å². The van der Waals surface area contributed by atoms with E-state index in [9.17, 15) is 9.18 Å². The van der Waals surface area contributed by atoms with Gasteiger partial charge in [-0.05, 0) is 74.0 Å². The van der Waals surface area contributed by atoms with Crippen LogP contribution in [0.25, 0.3) is 11.8 Å². The summed E-state index contributed by atoms with van der Waals surface area (Å²) in [4.78, 5) is 16.6. The number of nitrogens with zero attached hydrogens (tertiary/aromatic N) is 4. The number of halogens is 1. The molecule has 0 fully saturated rings. The van der Waals surface area contributed by atoms with Crippen molar-refractivity contribution in [3.05, 3.63) is 58.7 Å². The summed E-state index contributed by atoms with van der Waals surface area (Å²) < 4.78 is 15.2. The average Bonchev–Trinajstić information content (AvgIpc) is 3.20. The predicted octanol–water partition coefficient (Wildman–Crippen LogP) is 4.26.